The van der Waals surface area contributed by atoms with Gasteiger partial charge in [-0.15, -0.1) is 0 Å². The van der Waals surface area contributed by atoms with E-state index >= 15 is 0 Å². The molecule has 0 aliphatic heterocycles. The summed E-state index contributed by atoms with van der Waals surface area (Å²) in [7, 11) is 0. The summed E-state index contributed by atoms with van der Waals surface area (Å²) in [5.74, 6) is 1.42. The van der Waals surface area contributed by atoms with Gasteiger partial charge in [0.05, 0.1) is 5.60 Å². The topological polar surface area (TPSA) is 37.3 Å². The summed E-state index contributed by atoms with van der Waals surface area (Å²) in [6.07, 6.45) is 4.56. The molecule has 0 bridgehead atoms. The minimum Gasteiger partial charge on any atom is -0.389 e. The number of carbonyl (C=O) groups excluding carboxylic acids is 1. The molecular formula is C13H20O2. The van der Waals surface area contributed by atoms with Crippen LogP contribution < -0.4 is 0 Å². The third-order valence-corrected chi connectivity index (χ3v) is 4.98. The highest BCUT2D eigenvalue weighted by atomic mass is 16.3. The van der Waals surface area contributed by atoms with Crippen LogP contribution in [0.3, 0.4) is 0 Å². The van der Waals surface area contributed by atoms with Gasteiger partial charge in [-0.05, 0) is 42.9 Å². The predicted molar refractivity (Wildman–Crippen MR) is 57.3 cm³/mol. The highest BCUT2D eigenvalue weighted by molar-refractivity contribution is 5.85. The SMILES string of the molecule is CC1(C)CC2C[C@@]3(O)CCC(=O)[C@H]3C2C1. The molecule has 15 heavy (non-hydrogen) atoms. The number of aliphatic hydroxyl groups is 1. The Labute approximate surface area is 91.1 Å². The molecule has 2 heteroatoms. The summed E-state index contributed by atoms with van der Waals surface area (Å²) in [5.41, 5.74) is -0.220. The highest BCUT2D eigenvalue weighted by Crippen LogP contribution is 2.61. The summed E-state index contributed by atoms with van der Waals surface area (Å²) >= 11 is 0. The Morgan fingerprint density at radius 2 is 2.00 bits per heavy atom. The van der Waals surface area contributed by atoms with E-state index in [1.54, 1.807) is 0 Å². The van der Waals surface area contributed by atoms with Crippen molar-refractivity contribution in [1.29, 1.82) is 0 Å². The van der Waals surface area contributed by atoms with Crippen molar-refractivity contribution in [2.75, 3.05) is 0 Å². The van der Waals surface area contributed by atoms with Gasteiger partial charge in [0.25, 0.3) is 0 Å². The van der Waals surface area contributed by atoms with Gasteiger partial charge in [0, 0.05) is 12.3 Å². The van der Waals surface area contributed by atoms with E-state index in [0.717, 1.165) is 19.3 Å². The van der Waals surface area contributed by atoms with Crippen LogP contribution in [0.1, 0.15) is 46.0 Å². The third kappa shape index (κ3) is 1.24. The van der Waals surface area contributed by atoms with Gasteiger partial charge in [0.2, 0.25) is 0 Å². The highest BCUT2D eigenvalue weighted by Gasteiger charge is 2.62. The molecule has 0 spiro atoms. The molecule has 0 aromatic carbocycles. The van der Waals surface area contributed by atoms with Crippen LogP contribution in [0.4, 0.5) is 0 Å². The zero-order valence-electron chi connectivity index (χ0n) is 9.62. The first kappa shape index (κ1) is 9.83. The van der Waals surface area contributed by atoms with Crippen LogP contribution in [0.2, 0.25) is 0 Å². The van der Waals surface area contributed by atoms with Crippen molar-refractivity contribution < 1.29 is 9.90 Å². The largest absolute Gasteiger partial charge is 0.389 e. The van der Waals surface area contributed by atoms with Crippen molar-refractivity contribution in [2.45, 2.75) is 51.6 Å². The first-order valence-electron chi connectivity index (χ1n) is 6.16. The molecule has 3 aliphatic rings. The first-order valence-corrected chi connectivity index (χ1v) is 6.16. The maximum Gasteiger partial charge on any atom is 0.139 e. The van der Waals surface area contributed by atoms with Crippen LogP contribution in [-0.4, -0.2) is 16.5 Å². The Hall–Kier alpha value is -0.370. The summed E-state index contributed by atoms with van der Waals surface area (Å²) in [5, 5.41) is 10.5. The average molecular weight is 208 g/mol. The van der Waals surface area contributed by atoms with Gasteiger partial charge in [0.1, 0.15) is 5.78 Å². The van der Waals surface area contributed by atoms with Crippen molar-refractivity contribution in [3.05, 3.63) is 0 Å². The second kappa shape index (κ2) is 2.65. The summed E-state index contributed by atoms with van der Waals surface area (Å²) in [6, 6.07) is 0. The fourth-order valence-corrected chi connectivity index (χ4v) is 4.63. The molecule has 0 aromatic rings. The van der Waals surface area contributed by atoms with Crippen molar-refractivity contribution in [1.82, 2.24) is 0 Å². The van der Waals surface area contributed by atoms with E-state index in [1.165, 1.54) is 6.42 Å². The smallest absolute Gasteiger partial charge is 0.139 e. The number of Topliss-reactive ketones (excluding diaryl/α,β-unsaturated/α-hetero) is 1. The van der Waals surface area contributed by atoms with Gasteiger partial charge in [-0.25, -0.2) is 0 Å². The van der Waals surface area contributed by atoms with Crippen molar-refractivity contribution >= 4 is 5.78 Å². The van der Waals surface area contributed by atoms with Gasteiger partial charge in [0.15, 0.2) is 0 Å². The molecule has 3 rings (SSSR count). The number of ketones is 1. The second-order valence-corrected chi connectivity index (χ2v) is 6.75. The fraction of sp³-hybridized carbons (Fsp3) is 0.923. The van der Waals surface area contributed by atoms with E-state index in [-0.39, 0.29) is 5.92 Å². The Morgan fingerprint density at radius 3 is 2.73 bits per heavy atom. The summed E-state index contributed by atoms with van der Waals surface area (Å²) in [6.45, 7) is 4.59. The Balaban J connectivity index is 1.92. The Morgan fingerprint density at radius 1 is 1.27 bits per heavy atom. The zero-order chi connectivity index (χ0) is 10.8. The van der Waals surface area contributed by atoms with Gasteiger partial charge < -0.3 is 5.11 Å². The lowest BCUT2D eigenvalue weighted by molar-refractivity contribution is -0.125. The average Bonchev–Trinajstić information content (AvgIpc) is 2.59. The standard InChI is InChI=1S/C13H20O2/c1-12(2)5-8-6-13(15)4-3-10(14)11(13)9(8)7-12/h8-9,11,15H,3-7H2,1-2H3/t8?,9?,11-,13+/m1/s1. The molecular weight excluding hydrogens is 188 g/mol. The molecule has 2 unspecified atom stereocenters. The summed E-state index contributed by atoms with van der Waals surface area (Å²) in [4.78, 5) is 11.9. The summed E-state index contributed by atoms with van der Waals surface area (Å²) < 4.78 is 0. The molecule has 0 radical (unpaired) electrons. The van der Waals surface area contributed by atoms with Crippen LogP contribution in [-0.2, 0) is 4.79 Å². The minimum absolute atomic E-state index is 0.00993. The molecule has 3 saturated carbocycles. The number of hydrogen-bond donors (Lipinski definition) is 1. The molecule has 3 fully saturated rings. The van der Waals surface area contributed by atoms with Crippen LogP contribution in [0, 0.1) is 23.2 Å². The molecule has 0 saturated heterocycles. The molecule has 1 N–H and O–H groups in total. The second-order valence-electron chi connectivity index (χ2n) is 6.75. The number of hydrogen-bond acceptors (Lipinski definition) is 2. The molecule has 4 atom stereocenters. The van der Waals surface area contributed by atoms with E-state index in [1.807, 2.05) is 0 Å². The maximum absolute atomic E-state index is 11.9. The quantitative estimate of drug-likeness (QED) is 0.662. The third-order valence-electron chi connectivity index (χ3n) is 4.98. The van der Waals surface area contributed by atoms with Gasteiger partial charge in [-0.1, -0.05) is 13.8 Å². The lowest BCUT2D eigenvalue weighted by atomic mass is 9.81. The lowest BCUT2D eigenvalue weighted by Crippen LogP contribution is -2.33. The Kier molecular flexibility index (Phi) is 1.74. The predicted octanol–water partition coefficient (Wildman–Crippen LogP) is 2.15. The van der Waals surface area contributed by atoms with Gasteiger partial charge in [-0.3, -0.25) is 4.79 Å². The lowest BCUT2D eigenvalue weighted by Gasteiger charge is -2.27. The normalized spacial score (nSPS) is 51.9. The van der Waals surface area contributed by atoms with Gasteiger partial charge >= 0.3 is 0 Å². The molecule has 3 aliphatic carbocycles. The number of rotatable bonds is 0. The van der Waals surface area contributed by atoms with E-state index in [9.17, 15) is 9.90 Å². The Bertz CT molecular complexity index is 320. The van der Waals surface area contributed by atoms with Crippen molar-refractivity contribution in [3.8, 4) is 0 Å². The van der Waals surface area contributed by atoms with Gasteiger partial charge in [-0.2, -0.15) is 0 Å². The van der Waals surface area contributed by atoms with Crippen LogP contribution >= 0.6 is 0 Å². The molecule has 0 heterocycles. The van der Waals surface area contributed by atoms with E-state index < -0.39 is 5.60 Å². The number of carbonyl (C=O) groups is 1. The van der Waals surface area contributed by atoms with Crippen LogP contribution in [0.25, 0.3) is 0 Å². The molecule has 2 nitrogen and oxygen atoms in total. The molecule has 0 aromatic heterocycles. The van der Waals surface area contributed by atoms with E-state index in [4.69, 9.17) is 0 Å². The molecule has 0 amide bonds. The van der Waals surface area contributed by atoms with Crippen LogP contribution in [0.15, 0.2) is 0 Å². The van der Waals surface area contributed by atoms with Crippen molar-refractivity contribution in [2.24, 2.45) is 23.2 Å². The maximum atomic E-state index is 11.9. The fourth-order valence-electron chi connectivity index (χ4n) is 4.63. The minimum atomic E-state index is -0.608. The van der Waals surface area contributed by atoms with Crippen molar-refractivity contribution in [3.63, 3.8) is 0 Å². The monoisotopic (exact) mass is 208 g/mol. The van der Waals surface area contributed by atoms with E-state index in [0.29, 0.717) is 29.5 Å². The first-order chi connectivity index (χ1) is 6.91. The van der Waals surface area contributed by atoms with E-state index in [2.05, 4.69) is 13.8 Å². The number of fused-ring (bicyclic) bond motifs is 3. The molecule has 84 valence electrons. The zero-order valence-corrected chi connectivity index (χ0v) is 9.62. The van der Waals surface area contributed by atoms with Crippen LogP contribution in [0.5, 0.6) is 0 Å².